The molecule has 0 aliphatic carbocycles. The van der Waals surface area contributed by atoms with Crippen LogP contribution < -0.4 is 0 Å². The van der Waals surface area contributed by atoms with Gasteiger partial charge < -0.3 is 14.4 Å². The van der Waals surface area contributed by atoms with Crippen molar-refractivity contribution in [1.82, 2.24) is 4.57 Å². The smallest absolute Gasteiger partial charge is 0.326 e. The summed E-state index contributed by atoms with van der Waals surface area (Å²) in [5.74, 6) is -0.250. The van der Waals surface area contributed by atoms with E-state index in [1.807, 2.05) is 20.8 Å². The third kappa shape index (κ3) is 3.20. The number of ether oxygens (including phenoxy) is 1. The van der Waals surface area contributed by atoms with Gasteiger partial charge in [0, 0.05) is 16.6 Å². The quantitative estimate of drug-likeness (QED) is 0.859. The van der Waals surface area contributed by atoms with Crippen LogP contribution in [0.2, 0.25) is 5.02 Å². The molecule has 0 amide bonds. The van der Waals surface area contributed by atoms with Gasteiger partial charge in [-0.15, -0.1) is 0 Å². The van der Waals surface area contributed by atoms with Gasteiger partial charge in [-0.3, -0.25) is 4.79 Å². The molecule has 19 heavy (non-hydrogen) atoms. The Labute approximate surface area is 116 Å². The lowest BCUT2D eigenvalue weighted by atomic mass is 10.2. The maximum Gasteiger partial charge on any atom is 0.326 e. The fourth-order valence-corrected chi connectivity index (χ4v) is 2.07. The summed E-state index contributed by atoms with van der Waals surface area (Å²) < 4.78 is 6.90. The molecular weight excluding hydrogens is 266 g/mol. The summed E-state index contributed by atoms with van der Waals surface area (Å²) in [4.78, 5) is 11.8. The van der Waals surface area contributed by atoms with Crippen molar-refractivity contribution in [3.63, 3.8) is 0 Å². The Balaban J connectivity index is 2.29. The molecule has 4 nitrogen and oxygen atoms in total. The lowest BCUT2D eigenvalue weighted by Gasteiger charge is -2.19. The number of esters is 1. The number of rotatable bonds is 2. The van der Waals surface area contributed by atoms with Crippen molar-refractivity contribution in [2.45, 2.75) is 32.9 Å². The molecule has 0 bridgehead atoms. The lowest BCUT2D eigenvalue weighted by Crippen LogP contribution is -2.26. The molecule has 0 fully saturated rings. The van der Waals surface area contributed by atoms with E-state index in [9.17, 15) is 9.90 Å². The van der Waals surface area contributed by atoms with E-state index in [2.05, 4.69) is 0 Å². The molecule has 1 N–H and O–H groups in total. The normalized spacial score (nSPS) is 11.8. The number of halogens is 1. The second-order valence-electron chi connectivity index (χ2n) is 5.39. The van der Waals surface area contributed by atoms with Crippen LogP contribution in [0.5, 0.6) is 5.75 Å². The molecule has 5 heteroatoms. The molecular formula is C14H16ClNO3. The number of nitrogens with zero attached hydrogens (tertiary/aromatic N) is 1. The average Bonchev–Trinajstić information content (AvgIpc) is 2.52. The zero-order chi connectivity index (χ0) is 14.2. The monoisotopic (exact) mass is 281 g/mol. The van der Waals surface area contributed by atoms with Crippen LogP contribution in [-0.4, -0.2) is 21.2 Å². The summed E-state index contributed by atoms with van der Waals surface area (Å²) in [7, 11) is 0. The number of fused-ring (bicyclic) bond motifs is 1. The van der Waals surface area contributed by atoms with Crippen molar-refractivity contribution in [1.29, 1.82) is 0 Å². The molecule has 1 heterocycles. The minimum absolute atomic E-state index is 0.0515. The molecule has 0 spiro atoms. The molecule has 1 aromatic carbocycles. The Morgan fingerprint density at radius 3 is 2.74 bits per heavy atom. The maximum absolute atomic E-state index is 11.8. The summed E-state index contributed by atoms with van der Waals surface area (Å²) in [5, 5.41) is 11.0. The van der Waals surface area contributed by atoms with Gasteiger partial charge >= 0.3 is 5.97 Å². The van der Waals surface area contributed by atoms with E-state index < -0.39 is 5.60 Å². The second-order valence-corrected chi connectivity index (χ2v) is 5.83. The van der Waals surface area contributed by atoms with Gasteiger partial charge in [0.2, 0.25) is 0 Å². The van der Waals surface area contributed by atoms with Crippen molar-refractivity contribution in [3.8, 4) is 5.75 Å². The number of carbonyl (C=O) groups excluding carboxylic acids is 1. The van der Waals surface area contributed by atoms with Gasteiger partial charge in [0.25, 0.3) is 0 Å². The van der Waals surface area contributed by atoms with E-state index in [0.717, 1.165) is 5.52 Å². The maximum atomic E-state index is 11.8. The van der Waals surface area contributed by atoms with Crippen LogP contribution in [0, 0.1) is 0 Å². The summed E-state index contributed by atoms with van der Waals surface area (Å²) >= 11 is 5.88. The largest absolute Gasteiger partial charge is 0.506 e. The number of aromatic nitrogens is 1. The minimum Gasteiger partial charge on any atom is -0.506 e. The Kier molecular flexibility index (Phi) is 3.45. The van der Waals surface area contributed by atoms with Crippen LogP contribution >= 0.6 is 11.6 Å². The van der Waals surface area contributed by atoms with Crippen LogP contribution in [0.15, 0.2) is 24.4 Å². The van der Waals surface area contributed by atoms with Crippen LogP contribution in [0.4, 0.5) is 0 Å². The standard InChI is InChI=1S/C14H16ClNO3/c1-14(2,3)19-13(18)8-16-7-12(17)10-6-9(15)4-5-11(10)16/h4-7,17H,8H2,1-3H3. The number of benzene rings is 1. The average molecular weight is 282 g/mol. The first-order valence-electron chi connectivity index (χ1n) is 5.95. The summed E-state index contributed by atoms with van der Waals surface area (Å²) in [6.45, 7) is 5.50. The third-order valence-corrected chi connectivity index (χ3v) is 2.78. The van der Waals surface area contributed by atoms with Gasteiger partial charge in [0.1, 0.15) is 17.9 Å². The molecule has 102 valence electrons. The van der Waals surface area contributed by atoms with Crippen molar-refractivity contribution < 1.29 is 14.6 Å². The molecule has 2 rings (SSSR count). The highest BCUT2D eigenvalue weighted by molar-refractivity contribution is 6.31. The highest BCUT2D eigenvalue weighted by atomic mass is 35.5. The number of carbonyl (C=O) groups is 1. The molecule has 0 saturated heterocycles. The highest BCUT2D eigenvalue weighted by Gasteiger charge is 2.18. The van der Waals surface area contributed by atoms with Gasteiger partial charge in [-0.2, -0.15) is 0 Å². The van der Waals surface area contributed by atoms with E-state index in [1.165, 1.54) is 6.20 Å². The molecule has 1 aromatic heterocycles. The molecule has 0 aliphatic heterocycles. The number of hydrogen-bond acceptors (Lipinski definition) is 3. The first kappa shape index (κ1) is 13.7. The minimum atomic E-state index is -0.522. The number of aromatic hydroxyl groups is 1. The Morgan fingerprint density at radius 2 is 2.11 bits per heavy atom. The second kappa shape index (κ2) is 4.78. The fraction of sp³-hybridized carbons (Fsp3) is 0.357. The first-order valence-corrected chi connectivity index (χ1v) is 6.33. The Morgan fingerprint density at radius 1 is 1.42 bits per heavy atom. The topological polar surface area (TPSA) is 51.5 Å². The van der Waals surface area contributed by atoms with E-state index in [0.29, 0.717) is 10.4 Å². The molecule has 2 aromatic rings. The Bertz CT molecular complexity index is 625. The molecule has 0 unspecified atom stereocenters. The van der Waals surface area contributed by atoms with Crippen LogP contribution in [0.25, 0.3) is 10.9 Å². The molecule has 0 aliphatic rings. The van der Waals surface area contributed by atoms with Crippen molar-refractivity contribution in [2.75, 3.05) is 0 Å². The zero-order valence-electron chi connectivity index (χ0n) is 11.1. The van der Waals surface area contributed by atoms with Crippen LogP contribution in [0.1, 0.15) is 20.8 Å². The van der Waals surface area contributed by atoms with E-state index in [1.54, 1.807) is 22.8 Å². The fourth-order valence-electron chi connectivity index (χ4n) is 1.89. The third-order valence-electron chi connectivity index (χ3n) is 2.54. The van der Waals surface area contributed by atoms with E-state index in [-0.39, 0.29) is 18.3 Å². The van der Waals surface area contributed by atoms with Crippen LogP contribution in [0.3, 0.4) is 0 Å². The van der Waals surface area contributed by atoms with Crippen molar-refractivity contribution >= 4 is 28.5 Å². The first-order chi connectivity index (χ1) is 8.76. The van der Waals surface area contributed by atoms with Crippen LogP contribution in [-0.2, 0) is 16.1 Å². The summed E-state index contributed by atoms with van der Waals surface area (Å²) in [5.41, 5.74) is 0.221. The lowest BCUT2D eigenvalue weighted by molar-refractivity contribution is -0.155. The predicted molar refractivity (Wildman–Crippen MR) is 74.5 cm³/mol. The van der Waals surface area contributed by atoms with Gasteiger partial charge in [0.05, 0.1) is 5.52 Å². The SMILES string of the molecule is CC(C)(C)OC(=O)Cn1cc(O)c2cc(Cl)ccc21. The highest BCUT2D eigenvalue weighted by Crippen LogP contribution is 2.29. The van der Waals surface area contributed by atoms with Gasteiger partial charge in [-0.1, -0.05) is 11.6 Å². The van der Waals surface area contributed by atoms with Gasteiger partial charge in [0.15, 0.2) is 0 Å². The van der Waals surface area contributed by atoms with E-state index in [4.69, 9.17) is 16.3 Å². The van der Waals surface area contributed by atoms with Gasteiger partial charge in [-0.05, 0) is 39.0 Å². The number of hydrogen-bond donors (Lipinski definition) is 1. The molecule has 0 saturated carbocycles. The van der Waals surface area contributed by atoms with Crippen molar-refractivity contribution in [2.24, 2.45) is 0 Å². The summed E-state index contributed by atoms with van der Waals surface area (Å²) in [6.07, 6.45) is 1.50. The zero-order valence-corrected chi connectivity index (χ0v) is 11.9. The Hall–Kier alpha value is -1.68. The molecule has 0 radical (unpaired) electrons. The predicted octanol–water partition coefficient (Wildman–Crippen LogP) is 3.34. The van der Waals surface area contributed by atoms with Gasteiger partial charge in [-0.25, -0.2) is 0 Å². The van der Waals surface area contributed by atoms with E-state index >= 15 is 0 Å². The van der Waals surface area contributed by atoms with Crippen molar-refractivity contribution in [3.05, 3.63) is 29.4 Å². The summed E-state index contributed by atoms with van der Waals surface area (Å²) in [6, 6.07) is 5.15. The molecule has 0 atom stereocenters.